The zero-order chi connectivity index (χ0) is 13.1. The topological polar surface area (TPSA) is 78.7 Å². The van der Waals surface area contributed by atoms with Crippen LogP contribution in [0.15, 0.2) is 0 Å². The van der Waals surface area contributed by atoms with Crippen LogP contribution < -0.4 is 11.1 Å². The lowest BCUT2D eigenvalue weighted by molar-refractivity contribution is -0.134. The smallest absolute Gasteiger partial charge is 0.239 e. The second-order valence-corrected chi connectivity index (χ2v) is 5.23. The van der Waals surface area contributed by atoms with E-state index < -0.39 is 6.04 Å². The normalized spacial score (nSPS) is 20.4. The van der Waals surface area contributed by atoms with Crippen LogP contribution in [0.25, 0.3) is 0 Å². The third-order valence-electron chi connectivity index (χ3n) is 3.38. The Labute approximate surface area is 132 Å². The minimum atomic E-state index is -0.435. The van der Waals surface area contributed by atoms with Crippen molar-refractivity contribution in [3.63, 3.8) is 0 Å². The second-order valence-electron chi connectivity index (χ2n) is 5.23. The van der Waals surface area contributed by atoms with Crippen LogP contribution in [0.4, 0.5) is 0 Å². The Morgan fingerprint density at radius 2 is 1.75 bits per heavy atom. The molecule has 0 unspecified atom stereocenters. The van der Waals surface area contributed by atoms with Gasteiger partial charge in [0.25, 0.3) is 0 Å². The molecule has 2 rings (SSSR count). The molecular formula is C12H24Cl2N4O2. The Morgan fingerprint density at radius 3 is 2.20 bits per heavy atom. The molecule has 6 nitrogen and oxygen atoms in total. The molecular weight excluding hydrogens is 303 g/mol. The average Bonchev–Trinajstić information content (AvgIpc) is 3.12. The number of rotatable bonds is 4. The molecule has 0 bridgehead atoms. The zero-order valence-electron chi connectivity index (χ0n) is 11.7. The molecule has 1 saturated carbocycles. The van der Waals surface area contributed by atoms with Crippen LogP contribution in [0.3, 0.4) is 0 Å². The van der Waals surface area contributed by atoms with E-state index in [1.165, 1.54) is 0 Å². The summed E-state index contributed by atoms with van der Waals surface area (Å²) in [4.78, 5) is 27.2. The summed E-state index contributed by atoms with van der Waals surface area (Å²) in [6.45, 7) is 4.97. The lowest BCUT2D eigenvalue weighted by Gasteiger charge is -2.35. The number of nitrogens with one attached hydrogen (secondary N) is 1. The van der Waals surface area contributed by atoms with Crippen molar-refractivity contribution in [2.24, 2.45) is 5.73 Å². The lowest BCUT2D eigenvalue weighted by atomic mass is 10.2. The van der Waals surface area contributed by atoms with Crippen LogP contribution >= 0.6 is 24.8 Å². The maximum atomic E-state index is 11.7. The van der Waals surface area contributed by atoms with E-state index in [1.807, 2.05) is 0 Å². The summed E-state index contributed by atoms with van der Waals surface area (Å²) in [6.07, 6.45) is 2.23. The molecule has 3 N–H and O–H groups in total. The molecule has 118 valence electrons. The molecule has 0 aromatic heterocycles. The van der Waals surface area contributed by atoms with Crippen LogP contribution in [0.2, 0.25) is 0 Å². The fourth-order valence-corrected chi connectivity index (χ4v) is 2.12. The van der Waals surface area contributed by atoms with Crippen LogP contribution in [0.5, 0.6) is 0 Å². The van der Waals surface area contributed by atoms with Crippen molar-refractivity contribution in [3.05, 3.63) is 0 Å². The van der Waals surface area contributed by atoms with E-state index >= 15 is 0 Å². The van der Waals surface area contributed by atoms with Gasteiger partial charge in [0.15, 0.2) is 0 Å². The highest BCUT2D eigenvalue weighted by atomic mass is 35.5. The summed E-state index contributed by atoms with van der Waals surface area (Å²) < 4.78 is 0. The van der Waals surface area contributed by atoms with E-state index in [0.717, 1.165) is 25.9 Å². The Morgan fingerprint density at radius 1 is 1.20 bits per heavy atom. The molecule has 1 atom stereocenters. The molecule has 0 aromatic rings. The van der Waals surface area contributed by atoms with Gasteiger partial charge < -0.3 is 16.0 Å². The molecule has 2 aliphatic rings. The Kier molecular flexibility index (Phi) is 8.42. The number of carbonyl (C=O) groups excluding carboxylic acids is 2. The highest BCUT2D eigenvalue weighted by molar-refractivity contribution is 5.85. The van der Waals surface area contributed by atoms with Gasteiger partial charge in [-0.3, -0.25) is 14.5 Å². The maximum Gasteiger partial charge on any atom is 0.239 e. The van der Waals surface area contributed by atoms with Crippen molar-refractivity contribution in [1.82, 2.24) is 15.1 Å². The number of nitrogens with two attached hydrogens (primary N) is 1. The van der Waals surface area contributed by atoms with Crippen molar-refractivity contribution in [2.75, 3.05) is 32.7 Å². The molecule has 1 heterocycles. The monoisotopic (exact) mass is 326 g/mol. The van der Waals surface area contributed by atoms with Crippen LogP contribution in [0.1, 0.15) is 19.8 Å². The Balaban J connectivity index is 0.00000180. The van der Waals surface area contributed by atoms with Crippen LogP contribution in [-0.2, 0) is 9.59 Å². The first-order chi connectivity index (χ1) is 8.56. The van der Waals surface area contributed by atoms with E-state index in [-0.39, 0.29) is 36.6 Å². The van der Waals surface area contributed by atoms with Crippen LogP contribution in [-0.4, -0.2) is 66.4 Å². The zero-order valence-corrected chi connectivity index (χ0v) is 13.3. The third kappa shape index (κ3) is 5.83. The van der Waals surface area contributed by atoms with Crippen molar-refractivity contribution in [3.8, 4) is 0 Å². The quantitative estimate of drug-likeness (QED) is 0.736. The first kappa shape index (κ1) is 19.4. The van der Waals surface area contributed by atoms with E-state index in [4.69, 9.17) is 5.73 Å². The molecule has 8 heteroatoms. The molecule has 2 amide bonds. The summed E-state index contributed by atoms with van der Waals surface area (Å²) in [6, 6.07) is -0.0202. The Bertz CT molecular complexity index is 329. The van der Waals surface area contributed by atoms with Crippen molar-refractivity contribution >= 4 is 36.6 Å². The van der Waals surface area contributed by atoms with Gasteiger partial charge in [-0.2, -0.15) is 0 Å². The fourth-order valence-electron chi connectivity index (χ4n) is 2.12. The van der Waals surface area contributed by atoms with Gasteiger partial charge in [-0.1, -0.05) is 0 Å². The van der Waals surface area contributed by atoms with Crippen molar-refractivity contribution < 1.29 is 9.59 Å². The van der Waals surface area contributed by atoms with Gasteiger partial charge in [0.1, 0.15) is 0 Å². The van der Waals surface area contributed by atoms with Crippen LogP contribution in [0, 0.1) is 0 Å². The summed E-state index contributed by atoms with van der Waals surface area (Å²) >= 11 is 0. The molecule has 0 aromatic carbocycles. The number of nitrogens with zero attached hydrogens (tertiary/aromatic N) is 2. The van der Waals surface area contributed by atoms with Gasteiger partial charge in [0.05, 0.1) is 12.6 Å². The molecule has 0 radical (unpaired) electrons. The van der Waals surface area contributed by atoms with Gasteiger partial charge in [-0.25, -0.2) is 0 Å². The minimum absolute atomic E-state index is 0. The first-order valence-electron chi connectivity index (χ1n) is 6.62. The summed E-state index contributed by atoms with van der Waals surface area (Å²) in [5.41, 5.74) is 5.57. The highest BCUT2D eigenvalue weighted by Gasteiger charge is 2.26. The number of amides is 2. The summed E-state index contributed by atoms with van der Waals surface area (Å²) in [7, 11) is 0. The van der Waals surface area contributed by atoms with E-state index in [2.05, 4.69) is 10.2 Å². The molecule has 2 fully saturated rings. The lowest BCUT2D eigenvalue weighted by Crippen LogP contribution is -2.54. The summed E-state index contributed by atoms with van der Waals surface area (Å²) in [5, 5.41) is 2.97. The van der Waals surface area contributed by atoms with Gasteiger partial charge in [0.2, 0.25) is 11.8 Å². The number of carbonyl (C=O) groups is 2. The number of hydrogen-bond donors (Lipinski definition) is 2. The molecule has 1 saturated heterocycles. The SMILES string of the molecule is C[C@@H](N)C(=O)N1CCN(CC(=O)NC2CC2)CC1.Cl.Cl. The predicted octanol–water partition coefficient (Wildman–Crippen LogP) is -0.400. The average molecular weight is 327 g/mol. The maximum absolute atomic E-state index is 11.7. The van der Waals surface area contributed by atoms with Crippen molar-refractivity contribution in [1.29, 1.82) is 0 Å². The molecule has 1 aliphatic carbocycles. The third-order valence-corrected chi connectivity index (χ3v) is 3.38. The molecule has 1 aliphatic heterocycles. The molecule has 20 heavy (non-hydrogen) atoms. The van der Waals surface area contributed by atoms with Gasteiger partial charge in [-0.15, -0.1) is 24.8 Å². The Hall–Kier alpha value is -0.560. The summed E-state index contributed by atoms with van der Waals surface area (Å²) in [5.74, 6) is 0.0987. The largest absolute Gasteiger partial charge is 0.352 e. The van der Waals surface area contributed by atoms with Crippen molar-refractivity contribution in [2.45, 2.75) is 31.8 Å². The molecule has 0 spiro atoms. The standard InChI is InChI=1S/C12H22N4O2.2ClH/c1-9(13)12(18)16-6-4-15(5-7-16)8-11(17)14-10-2-3-10;;/h9-10H,2-8,13H2,1H3,(H,14,17);2*1H/t9-;;/m1../s1. The fraction of sp³-hybridized carbons (Fsp3) is 0.833. The second kappa shape index (κ2) is 8.67. The predicted molar refractivity (Wildman–Crippen MR) is 82.3 cm³/mol. The first-order valence-corrected chi connectivity index (χ1v) is 6.62. The van der Waals surface area contributed by atoms with E-state index in [1.54, 1.807) is 11.8 Å². The van der Waals surface area contributed by atoms with Gasteiger partial charge in [-0.05, 0) is 19.8 Å². The highest BCUT2D eigenvalue weighted by Crippen LogP contribution is 2.18. The van der Waals surface area contributed by atoms with Gasteiger partial charge >= 0.3 is 0 Å². The minimum Gasteiger partial charge on any atom is -0.352 e. The number of halogens is 2. The van der Waals surface area contributed by atoms with Gasteiger partial charge in [0, 0.05) is 32.2 Å². The number of piperazine rings is 1. The van der Waals surface area contributed by atoms with E-state index in [9.17, 15) is 9.59 Å². The number of hydrogen-bond acceptors (Lipinski definition) is 4. The van der Waals surface area contributed by atoms with E-state index in [0.29, 0.717) is 25.7 Å².